The van der Waals surface area contributed by atoms with Crippen molar-refractivity contribution in [3.63, 3.8) is 0 Å². The molecule has 4 N–H and O–H groups in total. The number of hydrogen-bond donors (Lipinski definition) is 4. The van der Waals surface area contributed by atoms with Crippen LogP contribution in [0.3, 0.4) is 0 Å². The Morgan fingerprint density at radius 1 is 0.950 bits per heavy atom. The molecule has 0 amide bonds. The number of rotatable bonds is 4. The van der Waals surface area contributed by atoms with Crippen molar-refractivity contribution in [3.05, 3.63) is 65.9 Å². The first-order valence-electron chi connectivity index (χ1n) is 6.15. The predicted molar refractivity (Wildman–Crippen MR) is 76.1 cm³/mol. The molecule has 0 aromatic heterocycles. The summed E-state index contributed by atoms with van der Waals surface area (Å²) in [6.45, 7) is 3.56. The van der Waals surface area contributed by atoms with Crippen molar-refractivity contribution in [2.45, 2.75) is 12.3 Å². The van der Waals surface area contributed by atoms with Crippen molar-refractivity contribution in [2.24, 2.45) is 0 Å². The predicted octanol–water partition coefficient (Wildman–Crippen LogP) is 3.20. The van der Waals surface area contributed by atoms with Crippen LogP contribution in [0.4, 0.5) is 0 Å². The van der Waals surface area contributed by atoms with Crippen LogP contribution in [0.2, 0.25) is 0 Å². The number of benzene rings is 2. The average molecular weight is 272 g/mol. The average Bonchev–Trinajstić information content (AvgIpc) is 2.39. The highest BCUT2D eigenvalue weighted by Crippen LogP contribution is 2.32. The lowest BCUT2D eigenvalue weighted by Gasteiger charge is -2.17. The van der Waals surface area contributed by atoms with Gasteiger partial charge in [0.2, 0.25) is 0 Å². The molecule has 0 saturated carbocycles. The molecule has 4 nitrogen and oxygen atoms in total. The summed E-state index contributed by atoms with van der Waals surface area (Å²) in [5, 5.41) is 38.1. The summed E-state index contributed by atoms with van der Waals surface area (Å²) in [5.41, 5.74) is 1.37. The van der Waals surface area contributed by atoms with Crippen LogP contribution >= 0.6 is 0 Å². The molecular weight excluding hydrogens is 256 g/mol. The Hall–Kier alpha value is -2.62. The molecule has 0 spiro atoms. The second-order valence-electron chi connectivity index (χ2n) is 4.65. The third-order valence-corrected chi connectivity index (χ3v) is 3.19. The minimum absolute atomic E-state index is 0.0183. The van der Waals surface area contributed by atoms with Crippen molar-refractivity contribution < 1.29 is 20.4 Å². The molecule has 104 valence electrons. The Bertz CT molecular complexity index is 617. The number of phenolic OH excluding ortho intramolecular Hbond substituents is 3. The van der Waals surface area contributed by atoms with Crippen LogP contribution in [-0.4, -0.2) is 20.4 Å². The van der Waals surface area contributed by atoms with Gasteiger partial charge in [-0.25, -0.2) is 0 Å². The zero-order valence-corrected chi connectivity index (χ0v) is 10.8. The second kappa shape index (κ2) is 5.57. The van der Waals surface area contributed by atoms with E-state index in [0.29, 0.717) is 12.0 Å². The molecule has 0 heterocycles. The van der Waals surface area contributed by atoms with Crippen LogP contribution in [-0.2, 0) is 6.42 Å². The van der Waals surface area contributed by atoms with E-state index in [9.17, 15) is 20.4 Å². The summed E-state index contributed by atoms with van der Waals surface area (Å²) in [6, 6.07) is 10.8. The van der Waals surface area contributed by atoms with E-state index in [1.54, 1.807) is 18.2 Å². The summed E-state index contributed by atoms with van der Waals surface area (Å²) >= 11 is 0. The van der Waals surface area contributed by atoms with Gasteiger partial charge in [-0.2, -0.15) is 0 Å². The third kappa shape index (κ3) is 3.03. The maximum atomic E-state index is 9.80. The number of aliphatic hydroxyl groups excluding tert-OH is 1. The van der Waals surface area contributed by atoms with Crippen LogP contribution < -0.4 is 0 Å². The molecule has 1 unspecified atom stereocenters. The van der Waals surface area contributed by atoms with Gasteiger partial charge in [-0.1, -0.05) is 24.8 Å². The minimum Gasteiger partial charge on any atom is -0.512 e. The highest BCUT2D eigenvalue weighted by atomic mass is 16.3. The molecule has 1 atom stereocenters. The lowest BCUT2D eigenvalue weighted by atomic mass is 9.90. The van der Waals surface area contributed by atoms with Crippen molar-refractivity contribution in [2.75, 3.05) is 0 Å². The number of aliphatic hydroxyl groups is 1. The lowest BCUT2D eigenvalue weighted by Crippen LogP contribution is -2.05. The van der Waals surface area contributed by atoms with Crippen LogP contribution in [0.25, 0.3) is 0 Å². The first-order valence-corrected chi connectivity index (χ1v) is 6.15. The first-order chi connectivity index (χ1) is 9.47. The van der Waals surface area contributed by atoms with E-state index < -0.39 is 5.92 Å². The molecule has 0 fully saturated rings. The first kappa shape index (κ1) is 13.8. The van der Waals surface area contributed by atoms with Gasteiger partial charge in [-0.15, -0.1) is 0 Å². The summed E-state index contributed by atoms with van der Waals surface area (Å²) < 4.78 is 0. The van der Waals surface area contributed by atoms with Crippen molar-refractivity contribution >= 4 is 0 Å². The lowest BCUT2D eigenvalue weighted by molar-refractivity contribution is 0.366. The number of allylic oxidation sites excluding steroid dienone is 1. The molecule has 0 aliphatic heterocycles. The molecule has 0 aliphatic carbocycles. The topological polar surface area (TPSA) is 80.9 Å². The standard InChI is InChI=1S/C16H16O4/c1-10(17)15(11-2-5-13(18)6-3-11)8-12-4-7-14(19)9-16(12)20/h2-7,9,15,17-20H,1,8H2. The summed E-state index contributed by atoms with van der Waals surface area (Å²) in [5.74, 6) is -0.331. The van der Waals surface area contributed by atoms with Gasteiger partial charge in [-0.05, 0) is 35.7 Å². The normalized spacial score (nSPS) is 12.0. The van der Waals surface area contributed by atoms with E-state index >= 15 is 0 Å². The molecular formula is C16H16O4. The van der Waals surface area contributed by atoms with Crippen molar-refractivity contribution in [1.82, 2.24) is 0 Å². The fourth-order valence-electron chi connectivity index (χ4n) is 2.08. The molecule has 0 bridgehead atoms. The van der Waals surface area contributed by atoms with Gasteiger partial charge >= 0.3 is 0 Å². The van der Waals surface area contributed by atoms with Crippen LogP contribution in [0.1, 0.15) is 17.0 Å². The zero-order valence-electron chi connectivity index (χ0n) is 10.8. The summed E-state index contributed by atoms with van der Waals surface area (Å²) in [4.78, 5) is 0. The highest BCUT2D eigenvalue weighted by molar-refractivity contribution is 5.41. The van der Waals surface area contributed by atoms with Crippen LogP contribution in [0.5, 0.6) is 17.2 Å². The quantitative estimate of drug-likeness (QED) is 0.644. The fraction of sp³-hybridized carbons (Fsp3) is 0.125. The SMILES string of the molecule is C=C(O)C(Cc1ccc(O)cc1O)c1ccc(O)cc1. The van der Waals surface area contributed by atoms with Gasteiger partial charge in [0.15, 0.2) is 0 Å². The zero-order chi connectivity index (χ0) is 14.7. The molecule has 0 radical (unpaired) electrons. The fourth-order valence-corrected chi connectivity index (χ4v) is 2.08. The molecule has 2 aromatic carbocycles. The van der Waals surface area contributed by atoms with Gasteiger partial charge in [0.25, 0.3) is 0 Å². The molecule has 0 aliphatic rings. The number of aromatic hydroxyl groups is 3. The summed E-state index contributed by atoms with van der Waals surface area (Å²) in [7, 11) is 0. The molecule has 0 saturated heterocycles. The number of phenols is 3. The van der Waals surface area contributed by atoms with Gasteiger partial charge in [0, 0.05) is 12.0 Å². The van der Waals surface area contributed by atoms with E-state index in [4.69, 9.17) is 0 Å². The van der Waals surface area contributed by atoms with Gasteiger partial charge in [0.1, 0.15) is 17.2 Å². The van der Waals surface area contributed by atoms with Gasteiger partial charge in [-0.3, -0.25) is 0 Å². The Balaban J connectivity index is 2.30. The summed E-state index contributed by atoms with van der Waals surface area (Å²) in [6.07, 6.45) is 0.340. The molecule has 2 aromatic rings. The monoisotopic (exact) mass is 272 g/mol. The molecule has 4 heteroatoms. The van der Waals surface area contributed by atoms with E-state index in [2.05, 4.69) is 6.58 Å². The van der Waals surface area contributed by atoms with Gasteiger partial charge < -0.3 is 20.4 Å². The molecule has 20 heavy (non-hydrogen) atoms. The maximum Gasteiger partial charge on any atom is 0.122 e. The highest BCUT2D eigenvalue weighted by Gasteiger charge is 2.17. The van der Waals surface area contributed by atoms with E-state index in [-0.39, 0.29) is 23.0 Å². The van der Waals surface area contributed by atoms with E-state index in [1.165, 1.54) is 24.3 Å². The minimum atomic E-state index is -0.397. The largest absolute Gasteiger partial charge is 0.512 e. The third-order valence-electron chi connectivity index (χ3n) is 3.19. The van der Waals surface area contributed by atoms with E-state index in [1.807, 2.05) is 0 Å². The smallest absolute Gasteiger partial charge is 0.122 e. The van der Waals surface area contributed by atoms with Crippen LogP contribution in [0.15, 0.2) is 54.8 Å². The molecule has 2 rings (SSSR count). The Labute approximate surface area is 116 Å². The van der Waals surface area contributed by atoms with E-state index in [0.717, 1.165) is 5.56 Å². The Morgan fingerprint density at radius 3 is 2.10 bits per heavy atom. The maximum absolute atomic E-state index is 9.80. The number of hydrogen-bond acceptors (Lipinski definition) is 4. The van der Waals surface area contributed by atoms with Crippen molar-refractivity contribution in [1.29, 1.82) is 0 Å². The van der Waals surface area contributed by atoms with Crippen LogP contribution in [0, 0.1) is 0 Å². The van der Waals surface area contributed by atoms with Crippen molar-refractivity contribution in [3.8, 4) is 17.2 Å². The Kier molecular flexibility index (Phi) is 3.84. The van der Waals surface area contributed by atoms with Gasteiger partial charge in [0.05, 0.1) is 5.76 Å². The Morgan fingerprint density at radius 2 is 1.55 bits per heavy atom. The second-order valence-corrected chi connectivity index (χ2v) is 4.65.